The molecule has 0 unspecified atom stereocenters. The van der Waals surface area contributed by atoms with Crippen molar-refractivity contribution in [3.05, 3.63) is 29.6 Å². The number of aromatic nitrogens is 2. The van der Waals surface area contributed by atoms with Gasteiger partial charge in [-0.2, -0.15) is 5.26 Å². The molecule has 1 aromatic carbocycles. The average Bonchev–Trinajstić information content (AvgIpc) is 2.44. The van der Waals surface area contributed by atoms with E-state index in [-0.39, 0.29) is 0 Å². The molecular formula is C10H9N3. The highest BCUT2D eigenvalue weighted by Crippen LogP contribution is 2.15. The molecular weight excluding hydrogens is 162 g/mol. The Kier molecular flexibility index (Phi) is 1.56. The normalized spacial score (nSPS) is 10.2. The molecule has 2 aromatic rings. The van der Waals surface area contributed by atoms with Crippen molar-refractivity contribution in [1.29, 1.82) is 5.26 Å². The van der Waals surface area contributed by atoms with Crippen molar-refractivity contribution in [1.82, 2.24) is 9.55 Å². The Morgan fingerprint density at radius 2 is 2.23 bits per heavy atom. The number of hydrogen-bond acceptors (Lipinski definition) is 2. The summed E-state index contributed by atoms with van der Waals surface area (Å²) in [7, 11) is 1.85. The van der Waals surface area contributed by atoms with Crippen LogP contribution in [0, 0.1) is 18.3 Å². The largest absolute Gasteiger partial charge is 0.319 e. The Hall–Kier alpha value is -1.82. The molecule has 0 fully saturated rings. The first kappa shape index (κ1) is 7.81. The summed E-state index contributed by atoms with van der Waals surface area (Å²) in [6.45, 7) is 2.03. The lowest BCUT2D eigenvalue weighted by molar-refractivity contribution is 0.920. The van der Waals surface area contributed by atoms with Gasteiger partial charge in [0.2, 0.25) is 5.82 Å². The minimum atomic E-state index is 0.459. The summed E-state index contributed by atoms with van der Waals surface area (Å²) in [6.07, 6.45) is 0. The van der Waals surface area contributed by atoms with E-state index in [0.29, 0.717) is 5.82 Å². The molecule has 2 rings (SSSR count). The topological polar surface area (TPSA) is 41.6 Å². The molecule has 1 heterocycles. The zero-order chi connectivity index (χ0) is 9.42. The molecule has 0 atom stereocenters. The molecule has 0 saturated heterocycles. The molecule has 0 spiro atoms. The van der Waals surface area contributed by atoms with Gasteiger partial charge in [0, 0.05) is 7.05 Å². The van der Waals surface area contributed by atoms with Gasteiger partial charge in [0.1, 0.15) is 6.07 Å². The highest BCUT2D eigenvalue weighted by Gasteiger charge is 2.05. The summed E-state index contributed by atoms with van der Waals surface area (Å²) >= 11 is 0. The highest BCUT2D eigenvalue weighted by atomic mass is 15.1. The van der Waals surface area contributed by atoms with Gasteiger partial charge >= 0.3 is 0 Å². The van der Waals surface area contributed by atoms with Crippen LogP contribution in [0.2, 0.25) is 0 Å². The standard InChI is InChI=1S/C10H9N3/c1-7-3-4-8-9(5-7)13(2)10(6-11)12-8/h3-5H,1-2H3. The molecule has 0 aliphatic rings. The summed E-state index contributed by atoms with van der Waals surface area (Å²) in [5.74, 6) is 0.459. The first-order chi connectivity index (χ1) is 6.22. The van der Waals surface area contributed by atoms with Gasteiger partial charge in [-0.25, -0.2) is 4.98 Å². The van der Waals surface area contributed by atoms with Crippen LogP contribution in [-0.2, 0) is 7.05 Å². The van der Waals surface area contributed by atoms with Gasteiger partial charge < -0.3 is 4.57 Å². The van der Waals surface area contributed by atoms with E-state index in [2.05, 4.69) is 11.1 Å². The molecule has 0 radical (unpaired) electrons. The summed E-state index contributed by atoms with van der Waals surface area (Å²) in [4.78, 5) is 4.17. The van der Waals surface area contributed by atoms with E-state index in [1.165, 1.54) is 5.56 Å². The van der Waals surface area contributed by atoms with Crippen LogP contribution < -0.4 is 0 Å². The zero-order valence-electron chi connectivity index (χ0n) is 7.57. The van der Waals surface area contributed by atoms with Gasteiger partial charge in [0.05, 0.1) is 11.0 Å². The average molecular weight is 171 g/mol. The molecule has 0 aliphatic heterocycles. The summed E-state index contributed by atoms with van der Waals surface area (Å²) in [5.41, 5.74) is 3.07. The first-order valence-corrected chi connectivity index (χ1v) is 4.05. The second-order valence-corrected chi connectivity index (χ2v) is 3.10. The van der Waals surface area contributed by atoms with E-state index in [4.69, 9.17) is 5.26 Å². The third-order valence-corrected chi connectivity index (χ3v) is 2.14. The highest BCUT2D eigenvalue weighted by molar-refractivity contribution is 5.77. The maximum Gasteiger partial charge on any atom is 0.213 e. The molecule has 3 heteroatoms. The third-order valence-electron chi connectivity index (χ3n) is 2.14. The monoisotopic (exact) mass is 171 g/mol. The lowest BCUT2D eigenvalue weighted by Gasteiger charge is -1.95. The Balaban J connectivity index is 2.87. The van der Waals surface area contributed by atoms with Gasteiger partial charge in [0.15, 0.2) is 0 Å². The smallest absolute Gasteiger partial charge is 0.213 e. The third kappa shape index (κ3) is 1.07. The lowest BCUT2D eigenvalue weighted by Crippen LogP contribution is -1.91. The number of fused-ring (bicyclic) bond motifs is 1. The van der Waals surface area contributed by atoms with E-state index in [0.717, 1.165) is 11.0 Å². The zero-order valence-corrected chi connectivity index (χ0v) is 7.57. The van der Waals surface area contributed by atoms with Crippen molar-refractivity contribution >= 4 is 11.0 Å². The summed E-state index contributed by atoms with van der Waals surface area (Å²) in [5, 5.41) is 8.76. The number of nitrogens with zero attached hydrogens (tertiary/aromatic N) is 3. The van der Waals surface area contributed by atoms with E-state index in [9.17, 15) is 0 Å². The Labute approximate surface area is 76.2 Å². The fraction of sp³-hybridized carbons (Fsp3) is 0.200. The minimum Gasteiger partial charge on any atom is -0.319 e. The summed E-state index contributed by atoms with van der Waals surface area (Å²) in [6, 6.07) is 8.02. The molecule has 64 valence electrons. The lowest BCUT2D eigenvalue weighted by atomic mass is 10.2. The van der Waals surface area contributed by atoms with Gasteiger partial charge in [-0.1, -0.05) is 6.07 Å². The molecule has 3 nitrogen and oxygen atoms in total. The quantitative estimate of drug-likeness (QED) is 0.606. The maximum absolute atomic E-state index is 8.76. The SMILES string of the molecule is Cc1ccc2nc(C#N)n(C)c2c1. The minimum absolute atomic E-state index is 0.459. The van der Waals surface area contributed by atoms with Gasteiger partial charge in [-0.15, -0.1) is 0 Å². The van der Waals surface area contributed by atoms with Gasteiger partial charge in [-0.05, 0) is 24.6 Å². The van der Waals surface area contributed by atoms with Crippen molar-refractivity contribution < 1.29 is 0 Å². The number of aryl methyl sites for hydroxylation is 2. The van der Waals surface area contributed by atoms with Crippen LogP contribution in [0.5, 0.6) is 0 Å². The first-order valence-electron chi connectivity index (χ1n) is 4.05. The Morgan fingerprint density at radius 1 is 1.46 bits per heavy atom. The predicted molar refractivity (Wildman–Crippen MR) is 50.2 cm³/mol. The van der Waals surface area contributed by atoms with Crippen LogP contribution in [0.25, 0.3) is 11.0 Å². The number of hydrogen-bond donors (Lipinski definition) is 0. The Bertz CT molecular complexity index is 503. The second kappa shape index (κ2) is 2.60. The van der Waals surface area contributed by atoms with Gasteiger partial charge in [-0.3, -0.25) is 0 Å². The van der Waals surface area contributed by atoms with E-state index in [1.54, 1.807) is 0 Å². The molecule has 0 N–H and O–H groups in total. The maximum atomic E-state index is 8.76. The molecule has 1 aromatic heterocycles. The molecule has 0 amide bonds. The number of benzene rings is 1. The van der Waals surface area contributed by atoms with E-state index >= 15 is 0 Å². The van der Waals surface area contributed by atoms with Crippen molar-refractivity contribution in [2.45, 2.75) is 6.92 Å². The number of imidazole rings is 1. The van der Waals surface area contributed by atoms with Crippen LogP contribution in [0.1, 0.15) is 11.4 Å². The fourth-order valence-corrected chi connectivity index (χ4v) is 1.40. The van der Waals surface area contributed by atoms with Crippen molar-refractivity contribution in [3.8, 4) is 6.07 Å². The number of nitriles is 1. The van der Waals surface area contributed by atoms with E-state index < -0.39 is 0 Å². The van der Waals surface area contributed by atoms with Crippen LogP contribution in [0.15, 0.2) is 18.2 Å². The Morgan fingerprint density at radius 3 is 2.92 bits per heavy atom. The summed E-state index contributed by atoms with van der Waals surface area (Å²) < 4.78 is 1.81. The number of rotatable bonds is 0. The molecule has 0 saturated carbocycles. The van der Waals surface area contributed by atoms with Gasteiger partial charge in [0.25, 0.3) is 0 Å². The van der Waals surface area contributed by atoms with Crippen LogP contribution in [0.3, 0.4) is 0 Å². The van der Waals surface area contributed by atoms with Crippen LogP contribution in [-0.4, -0.2) is 9.55 Å². The molecule has 0 aliphatic carbocycles. The molecule has 0 bridgehead atoms. The second-order valence-electron chi connectivity index (χ2n) is 3.10. The van der Waals surface area contributed by atoms with Crippen molar-refractivity contribution in [2.75, 3.05) is 0 Å². The van der Waals surface area contributed by atoms with E-state index in [1.807, 2.05) is 36.7 Å². The van der Waals surface area contributed by atoms with Crippen LogP contribution >= 0.6 is 0 Å². The fourth-order valence-electron chi connectivity index (χ4n) is 1.40. The van der Waals surface area contributed by atoms with Crippen molar-refractivity contribution in [2.24, 2.45) is 7.05 Å². The van der Waals surface area contributed by atoms with Crippen LogP contribution in [0.4, 0.5) is 0 Å². The van der Waals surface area contributed by atoms with Crippen molar-refractivity contribution in [3.63, 3.8) is 0 Å². The molecule has 13 heavy (non-hydrogen) atoms. The predicted octanol–water partition coefficient (Wildman–Crippen LogP) is 1.75.